The van der Waals surface area contributed by atoms with Crippen molar-refractivity contribution in [3.8, 4) is 0 Å². The summed E-state index contributed by atoms with van der Waals surface area (Å²) < 4.78 is 0. The van der Waals surface area contributed by atoms with E-state index in [1.807, 2.05) is 0 Å². The summed E-state index contributed by atoms with van der Waals surface area (Å²) in [4.78, 5) is 0. The minimum Gasteiger partial charge on any atom is -0.308 e. The van der Waals surface area contributed by atoms with Gasteiger partial charge in [-0.25, -0.2) is 10.0 Å². The summed E-state index contributed by atoms with van der Waals surface area (Å²) in [6, 6.07) is 10.6. The highest BCUT2D eigenvalue weighted by atomic mass is 15.7. The van der Waals surface area contributed by atoms with E-state index in [2.05, 4.69) is 40.3 Å². The van der Waals surface area contributed by atoms with Gasteiger partial charge in [0.15, 0.2) is 0 Å². The molecule has 0 amide bonds. The van der Waals surface area contributed by atoms with Crippen molar-refractivity contribution in [3.63, 3.8) is 0 Å². The highest BCUT2D eigenvalue weighted by Crippen LogP contribution is 2.36. The van der Waals surface area contributed by atoms with Crippen LogP contribution >= 0.6 is 0 Å². The van der Waals surface area contributed by atoms with E-state index in [1.54, 1.807) is 0 Å². The van der Waals surface area contributed by atoms with Crippen LogP contribution in [0.15, 0.2) is 30.3 Å². The van der Waals surface area contributed by atoms with Gasteiger partial charge in [-0.1, -0.05) is 30.3 Å². The van der Waals surface area contributed by atoms with E-state index in [0.29, 0.717) is 0 Å². The molecule has 1 aromatic rings. The number of benzene rings is 1. The van der Waals surface area contributed by atoms with Gasteiger partial charge >= 0.3 is 0 Å². The maximum absolute atomic E-state index is 6.69. The molecule has 2 aliphatic heterocycles. The molecule has 0 saturated carbocycles. The SMILES string of the molecule is NC1(c2ccccc2)CCCN1N1CCCC1. The molecule has 3 rings (SSSR count). The topological polar surface area (TPSA) is 32.5 Å². The molecule has 17 heavy (non-hydrogen) atoms. The summed E-state index contributed by atoms with van der Waals surface area (Å²) in [5.74, 6) is 0. The van der Waals surface area contributed by atoms with Gasteiger partial charge in [-0.15, -0.1) is 0 Å². The second-order valence-electron chi connectivity index (χ2n) is 5.18. The number of hydrazine groups is 1. The Labute approximate surface area is 103 Å². The lowest BCUT2D eigenvalue weighted by atomic mass is 9.98. The zero-order valence-electron chi connectivity index (χ0n) is 10.3. The van der Waals surface area contributed by atoms with Crippen LogP contribution in [0.25, 0.3) is 0 Å². The second-order valence-corrected chi connectivity index (χ2v) is 5.18. The lowest BCUT2D eigenvalue weighted by Gasteiger charge is -2.41. The average molecular weight is 231 g/mol. The van der Waals surface area contributed by atoms with Crippen LogP contribution in [0.3, 0.4) is 0 Å². The lowest BCUT2D eigenvalue weighted by molar-refractivity contribution is -0.0698. The number of hydrogen-bond donors (Lipinski definition) is 1. The molecule has 2 heterocycles. The van der Waals surface area contributed by atoms with E-state index in [-0.39, 0.29) is 5.66 Å². The molecule has 1 aromatic carbocycles. The largest absolute Gasteiger partial charge is 0.308 e. The standard InChI is InChI=1S/C14H21N3/c15-14(13-7-2-1-3-8-13)9-6-12-17(14)16-10-4-5-11-16/h1-3,7-8H,4-6,9-12,15H2. The normalized spacial score (nSPS) is 31.1. The van der Waals surface area contributed by atoms with Crippen LogP contribution in [-0.2, 0) is 5.66 Å². The van der Waals surface area contributed by atoms with Gasteiger partial charge < -0.3 is 5.73 Å². The molecule has 2 N–H and O–H groups in total. The molecule has 2 fully saturated rings. The molecule has 0 aromatic heterocycles. The fourth-order valence-electron chi connectivity index (χ4n) is 3.18. The number of nitrogens with zero attached hydrogens (tertiary/aromatic N) is 2. The Kier molecular flexibility index (Phi) is 2.90. The first-order chi connectivity index (χ1) is 8.31. The zero-order valence-corrected chi connectivity index (χ0v) is 10.3. The molecule has 0 aliphatic carbocycles. The molecule has 2 aliphatic rings. The summed E-state index contributed by atoms with van der Waals surface area (Å²) in [5.41, 5.74) is 7.67. The van der Waals surface area contributed by atoms with Crippen molar-refractivity contribution < 1.29 is 0 Å². The molecule has 3 heteroatoms. The van der Waals surface area contributed by atoms with Crippen molar-refractivity contribution in [2.75, 3.05) is 19.6 Å². The summed E-state index contributed by atoms with van der Waals surface area (Å²) in [6.45, 7) is 3.45. The molecule has 1 unspecified atom stereocenters. The Morgan fingerprint density at radius 3 is 2.35 bits per heavy atom. The zero-order chi connectivity index (χ0) is 11.7. The van der Waals surface area contributed by atoms with Crippen molar-refractivity contribution in [2.45, 2.75) is 31.3 Å². The first kappa shape index (κ1) is 11.2. The minimum atomic E-state index is -0.272. The predicted molar refractivity (Wildman–Crippen MR) is 69.1 cm³/mol. The van der Waals surface area contributed by atoms with Gasteiger partial charge in [0, 0.05) is 19.6 Å². The molecular weight excluding hydrogens is 210 g/mol. The summed E-state index contributed by atoms with van der Waals surface area (Å²) >= 11 is 0. The van der Waals surface area contributed by atoms with Gasteiger partial charge in [0.1, 0.15) is 5.66 Å². The van der Waals surface area contributed by atoms with Crippen LogP contribution in [0.2, 0.25) is 0 Å². The third-order valence-corrected chi connectivity index (χ3v) is 4.09. The average Bonchev–Trinajstić information content (AvgIpc) is 2.99. The van der Waals surface area contributed by atoms with E-state index in [0.717, 1.165) is 13.0 Å². The molecule has 0 bridgehead atoms. The van der Waals surface area contributed by atoms with E-state index in [9.17, 15) is 0 Å². The minimum absolute atomic E-state index is 0.272. The molecule has 3 nitrogen and oxygen atoms in total. The van der Waals surface area contributed by atoms with Gasteiger partial charge in [0.2, 0.25) is 0 Å². The monoisotopic (exact) mass is 231 g/mol. The Morgan fingerprint density at radius 1 is 0.941 bits per heavy atom. The molecule has 92 valence electrons. The van der Waals surface area contributed by atoms with Gasteiger partial charge in [-0.3, -0.25) is 0 Å². The van der Waals surface area contributed by atoms with Crippen molar-refractivity contribution >= 4 is 0 Å². The van der Waals surface area contributed by atoms with E-state index < -0.39 is 0 Å². The van der Waals surface area contributed by atoms with Crippen LogP contribution in [0.5, 0.6) is 0 Å². The summed E-state index contributed by atoms with van der Waals surface area (Å²) in [7, 11) is 0. The van der Waals surface area contributed by atoms with Crippen molar-refractivity contribution in [3.05, 3.63) is 35.9 Å². The van der Waals surface area contributed by atoms with Gasteiger partial charge in [0.05, 0.1) is 0 Å². The Bertz CT molecular complexity index is 372. The lowest BCUT2D eigenvalue weighted by Crippen LogP contribution is -2.56. The maximum atomic E-state index is 6.69. The summed E-state index contributed by atoms with van der Waals surface area (Å²) in [5, 5.41) is 4.87. The van der Waals surface area contributed by atoms with E-state index in [4.69, 9.17) is 5.73 Å². The van der Waals surface area contributed by atoms with Crippen LogP contribution in [0.4, 0.5) is 0 Å². The first-order valence-electron chi connectivity index (χ1n) is 6.68. The van der Waals surface area contributed by atoms with Crippen LogP contribution in [0.1, 0.15) is 31.2 Å². The van der Waals surface area contributed by atoms with E-state index >= 15 is 0 Å². The number of nitrogens with two attached hydrogens (primary N) is 1. The first-order valence-corrected chi connectivity index (χ1v) is 6.68. The van der Waals surface area contributed by atoms with Crippen molar-refractivity contribution in [1.82, 2.24) is 10.0 Å². The fourth-order valence-corrected chi connectivity index (χ4v) is 3.18. The van der Waals surface area contributed by atoms with Crippen LogP contribution in [0, 0.1) is 0 Å². The van der Waals surface area contributed by atoms with Gasteiger partial charge in [-0.2, -0.15) is 0 Å². The molecule has 2 saturated heterocycles. The smallest absolute Gasteiger partial charge is 0.108 e. The maximum Gasteiger partial charge on any atom is 0.108 e. The Hall–Kier alpha value is -0.900. The van der Waals surface area contributed by atoms with Gasteiger partial charge in [0.25, 0.3) is 0 Å². The van der Waals surface area contributed by atoms with Crippen LogP contribution in [-0.4, -0.2) is 29.7 Å². The molecular formula is C14H21N3. The Balaban J connectivity index is 1.89. The highest BCUT2D eigenvalue weighted by Gasteiger charge is 2.42. The third-order valence-electron chi connectivity index (χ3n) is 4.09. The molecule has 1 atom stereocenters. The number of hydrogen-bond acceptors (Lipinski definition) is 3. The number of rotatable bonds is 2. The fraction of sp³-hybridized carbons (Fsp3) is 0.571. The van der Waals surface area contributed by atoms with Crippen molar-refractivity contribution in [2.24, 2.45) is 5.73 Å². The van der Waals surface area contributed by atoms with Gasteiger partial charge in [-0.05, 0) is 31.2 Å². The molecule has 0 radical (unpaired) electrons. The summed E-state index contributed by atoms with van der Waals surface area (Å²) in [6.07, 6.45) is 4.87. The van der Waals surface area contributed by atoms with Crippen LogP contribution < -0.4 is 5.73 Å². The van der Waals surface area contributed by atoms with E-state index in [1.165, 1.54) is 37.9 Å². The highest BCUT2D eigenvalue weighted by molar-refractivity contribution is 5.24. The Morgan fingerprint density at radius 2 is 1.65 bits per heavy atom. The molecule has 0 spiro atoms. The quantitative estimate of drug-likeness (QED) is 0.844. The third kappa shape index (κ3) is 1.88. The predicted octanol–water partition coefficient (Wildman–Crippen LogP) is 1.90. The van der Waals surface area contributed by atoms with Crippen molar-refractivity contribution in [1.29, 1.82) is 0 Å². The second kappa shape index (κ2) is 4.41.